The van der Waals surface area contributed by atoms with Crippen molar-refractivity contribution in [3.05, 3.63) is 89.7 Å². The average Bonchev–Trinajstić information content (AvgIpc) is 3.28. The van der Waals surface area contributed by atoms with Gasteiger partial charge in [0.2, 0.25) is 5.91 Å². The van der Waals surface area contributed by atoms with Crippen LogP contribution in [0.1, 0.15) is 24.0 Å². The van der Waals surface area contributed by atoms with E-state index in [1.54, 1.807) is 12.1 Å². The van der Waals surface area contributed by atoms with Crippen LogP contribution in [0.5, 0.6) is 0 Å². The minimum atomic E-state index is -0.484. The Hall–Kier alpha value is -3.18. The summed E-state index contributed by atoms with van der Waals surface area (Å²) in [6.07, 6.45) is 3.12. The van der Waals surface area contributed by atoms with Gasteiger partial charge in [-0.3, -0.25) is 4.79 Å². The molecule has 3 aromatic carbocycles. The summed E-state index contributed by atoms with van der Waals surface area (Å²) in [5.74, 6) is -0.136. The van der Waals surface area contributed by atoms with Gasteiger partial charge in [0.25, 0.3) is 0 Å². The van der Waals surface area contributed by atoms with E-state index in [9.17, 15) is 9.18 Å². The standard InChI is InChI=1S/C29H31FN2O2/c30-26-9-4-8-25(20-26)24-7-3-5-22(19-24)21-29(12-17-34-18-13-29)28(33)31-14-16-32-15-11-23-6-1-2-10-27(23)32/h1-10,19-20H,11-18,21H2,(H,31,33). The monoisotopic (exact) mass is 458 g/mol. The van der Waals surface area contributed by atoms with E-state index in [0.717, 1.165) is 36.2 Å². The fourth-order valence-corrected chi connectivity index (χ4v) is 5.30. The molecule has 1 N–H and O–H groups in total. The lowest BCUT2D eigenvalue weighted by molar-refractivity contribution is -0.136. The Morgan fingerprint density at radius 2 is 1.74 bits per heavy atom. The normalized spacial score (nSPS) is 16.8. The summed E-state index contributed by atoms with van der Waals surface area (Å²) in [5, 5.41) is 3.24. The van der Waals surface area contributed by atoms with Crippen LogP contribution < -0.4 is 10.2 Å². The third-order valence-electron chi connectivity index (χ3n) is 7.21. The van der Waals surface area contributed by atoms with Gasteiger partial charge in [-0.15, -0.1) is 0 Å². The Morgan fingerprint density at radius 1 is 0.971 bits per heavy atom. The summed E-state index contributed by atoms with van der Waals surface area (Å²) in [6.45, 7) is 3.62. The summed E-state index contributed by atoms with van der Waals surface area (Å²) in [6, 6.07) is 23.3. The lowest BCUT2D eigenvalue weighted by Gasteiger charge is -2.36. The number of fused-ring (bicyclic) bond motifs is 1. The van der Waals surface area contributed by atoms with E-state index in [0.29, 0.717) is 39.0 Å². The van der Waals surface area contributed by atoms with Crippen molar-refractivity contribution in [3.63, 3.8) is 0 Å². The molecule has 0 bridgehead atoms. The molecule has 2 heterocycles. The Balaban J connectivity index is 1.27. The Labute approximate surface area is 200 Å². The highest BCUT2D eigenvalue weighted by molar-refractivity contribution is 5.83. The quantitative estimate of drug-likeness (QED) is 0.541. The molecule has 1 amide bonds. The molecule has 0 aliphatic carbocycles. The number of carbonyl (C=O) groups excluding carboxylic acids is 1. The highest BCUT2D eigenvalue weighted by Gasteiger charge is 2.40. The number of benzene rings is 3. The van der Waals surface area contributed by atoms with Crippen molar-refractivity contribution in [2.45, 2.75) is 25.7 Å². The van der Waals surface area contributed by atoms with E-state index < -0.39 is 5.41 Å². The van der Waals surface area contributed by atoms with Gasteiger partial charge in [0.15, 0.2) is 0 Å². The second-order valence-electron chi connectivity index (χ2n) is 9.40. The minimum Gasteiger partial charge on any atom is -0.381 e. The van der Waals surface area contributed by atoms with Crippen LogP contribution in [0.4, 0.5) is 10.1 Å². The predicted molar refractivity (Wildman–Crippen MR) is 133 cm³/mol. The van der Waals surface area contributed by atoms with Crippen LogP contribution in [-0.2, 0) is 22.4 Å². The molecule has 34 heavy (non-hydrogen) atoms. The molecule has 0 spiro atoms. The highest BCUT2D eigenvalue weighted by Crippen LogP contribution is 2.36. The van der Waals surface area contributed by atoms with Crippen LogP contribution in [0.2, 0.25) is 0 Å². The minimum absolute atomic E-state index is 0.111. The van der Waals surface area contributed by atoms with Gasteiger partial charge in [0.1, 0.15) is 5.82 Å². The van der Waals surface area contributed by atoms with Crippen molar-refractivity contribution in [1.29, 1.82) is 0 Å². The lowest BCUT2D eigenvalue weighted by atomic mass is 9.74. The number of anilines is 1. The van der Waals surface area contributed by atoms with E-state index in [1.807, 2.05) is 18.2 Å². The van der Waals surface area contributed by atoms with Gasteiger partial charge >= 0.3 is 0 Å². The molecule has 1 saturated heterocycles. The van der Waals surface area contributed by atoms with Crippen molar-refractivity contribution in [2.24, 2.45) is 5.41 Å². The SMILES string of the molecule is O=C(NCCN1CCc2ccccc21)C1(Cc2cccc(-c3cccc(F)c3)c2)CCOCC1. The van der Waals surface area contributed by atoms with Crippen molar-refractivity contribution in [3.8, 4) is 11.1 Å². The first-order chi connectivity index (χ1) is 16.6. The van der Waals surface area contributed by atoms with Gasteiger partial charge in [-0.2, -0.15) is 0 Å². The number of hydrogen-bond acceptors (Lipinski definition) is 3. The van der Waals surface area contributed by atoms with Gasteiger partial charge in [0.05, 0.1) is 5.41 Å². The van der Waals surface area contributed by atoms with Gasteiger partial charge in [-0.05, 0) is 66.1 Å². The van der Waals surface area contributed by atoms with Crippen LogP contribution >= 0.6 is 0 Å². The maximum atomic E-state index is 13.7. The maximum Gasteiger partial charge on any atom is 0.226 e. The number of nitrogens with zero attached hydrogens (tertiary/aromatic N) is 1. The zero-order valence-electron chi connectivity index (χ0n) is 19.4. The zero-order chi connectivity index (χ0) is 23.4. The first-order valence-electron chi connectivity index (χ1n) is 12.2. The summed E-state index contributed by atoms with van der Waals surface area (Å²) >= 11 is 0. The molecular weight excluding hydrogens is 427 g/mol. The van der Waals surface area contributed by atoms with Crippen molar-refractivity contribution >= 4 is 11.6 Å². The molecule has 2 aliphatic heterocycles. The molecule has 0 atom stereocenters. The van der Waals surface area contributed by atoms with Crippen LogP contribution in [0.3, 0.4) is 0 Å². The number of nitrogens with one attached hydrogen (secondary N) is 1. The van der Waals surface area contributed by atoms with Crippen LogP contribution in [-0.4, -0.2) is 38.8 Å². The Bertz CT molecular complexity index is 1160. The average molecular weight is 459 g/mol. The molecule has 0 unspecified atom stereocenters. The second kappa shape index (κ2) is 9.98. The highest BCUT2D eigenvalue weighted by atomic mass is 19.1. The lowest BCUT2D eigenvalue weighted by Crippen LogP contribution is -2.47. The summed E-state index contributed by atoms with van der Waals surface area (Å²) < 4.78 is 19.3. The van der Waals surface area contributed by atoms with E-state index >= 15 is 0 Å². The largest absolute Gasteiger partial charge is 0.381 e. The molecular formula is C29H31FN2O2. The number of halogens is 1. The van der Waals surface area contributed by atoms with E-state index in [2.05, 4.69) is 46.6 Å². The molecule has 176 valence electrons. The summed E-state index contributed by atoms with van der Waals surface area (Å²) in [5.41, 5.74) is 5.08. The maximum absolute atomic E-state index is 13.7. The Morgan fingerprint density at radius 3 is 2.56 bits per heavy atom. The molecule has 5 rings (SSSR count). The molecule has 5 heteroatoms. The third kappa shape index (κ3) is 4.85. The van der Waals surface area contributed by atoms with Crippen LogP contribution in [0.25, 0.3) is 11.1 Å². The number of ether oxygens (including phenoxy) is 1. The first-order valence-corrected chi connectivity index (χ1v) is 12.2. The zero-order valence-corrected chi connectivity index (χ0v) is 19.4. The fourth-order valence-electron chi connectivity index (χ4n) is 5.30. The number of carbonyl (C=O) groups is 1. The van der Waals surface area contributed by atoms with Gasteiger partial charge < -0.3 is 15.0 Å². The van der Waals surface area contributed by atoms with Crippen molar-refractivity contribution in [2.75, 3.05) is 37.7 Å². The van der Waals surface area contributed by atoms with E-state index in [4.69, 9.17) is 4.74 Å². The van der Waals surface area contributed by atoms with Gasteiger partial charge in [-0.1, -0.05) is 54.6 Å². The molecule has 0 aromatic heterocycles. The van der Waals surface area contributed by atoms with E-state index in [1.165, 1.54) is 17.3 Å². The van der Waals surface area contributed by atoms with Crippen molar-refractivity contribution < 1.29 is 13.9 Å². The smallest absolute Gasteiger partial charge is 0.226 e. The molecule has 1 fully saturated rings. The van der Waals surface area contributed by atoms with E-state index in [-0.39, 0.29) is 11.7 Å². The second-order valence-corrected chi connectivity index (χ2v) is 9.40. The summed E-state index contributed by atoms with van der Waals surface area (Å²) in [4.78, 5) is 15.9. The van der Waals surface area contributed by atoms with Gasteiger partial charge in [0, 0.05) is 38.5 Å². The first kappa shape index (κ1) is 22.6. The van der Waals surface area contributed by atoms with Crippen LogP contribution in [0, 0.1) is 11.2 Å². The van der Waals surface area contributed by atoms with Gasteiger partial charge in [-0.25, -0.2) is 4.39 Å². The Kier molecular flexibility index (Phi) is 6.63. The van der Waals surface area contributed by atoms with Crippen LogP contribution in [0.15, 0.2) is 72.8 Å². The molecule has 3 aromatic rings. The molecule has 0 saturated carbocycles. The topological polar surface area (TPSA) is 41.6 Å². The number of hydrogen-bond donors (Lipinski definition) is 1. The molecule has 4 nitrogen and oxygen atoms in total. The fraction of sp³-hybridized carbons (Fsp3) is 0.345. The van der Waals surface area contributed by atoms with Crippen molar-refractivity contribution in [1.82, 2.24) is 5.32 Å². The molecule has 2 aliphatic rings. The predicted octanol–water partition coefficient (Wildman–Crippen LogP) is 5.01. The number of para-hydroxylation sites is 1. The third-order valence-corrected chi connectivity index (χ3v) is 7.21. The molecule has 0 radical (unpaired) electrons. The number of rotatable bonds is 7. The number of amides is 1. The summed E-state index contributed by atoms with van der Waals surface area (Å²) in [7, 11) is 0.